The summed E-state index contributed by atoms with van der Waals surface area (Å²) in [7, 11) is 0. The standard InChI is InChI=1S/C14H10BrN3OS/c15-9-3-6-12-11(7-9)18-14(20-12)17-10-4-1-8(2-5-10)13(16)19/h1-7H,(H2,16,19)(H,17,18). The Hall–Kier alpha value is -1.92. The fourth-order valence-electron chi connectivity index (χ4n) is 1.80. The van der Waals surface area contributed by atoms with Gasteiger partial charge >= 0.3 is 0 Å². The highest BCUT2D eigenvalue weighted by molar-refractivity contribution is 9.10. The van der Waals surface area contributed by atoms with Crippen molar-refractivity contribution in [3.8, 4) is 0 Å². The normalized spacial score (nSPS) is 10.7. The molecule has 0 saturated carbocycles. The number of benzene rings is 2. The van der Waals surface area contributed by atoms with Crippen molar-refractivity contribution in [2.75, 3.05) is 5.32 Å². The van der Waals surface area contributed by atoms with Gasteiger partial charge in [-0.05, 0) is 42.5 Å². The molecule has 3 N–H and O–H groups in total. The zero-order valence-corrected chi connectivity index (χ0v) is 12.7. The van der Waals surface area contributed by atoms with Gasteiger partial charge in [0.15, 0.2) is 5.13 Å². The van der Waals surface area contributed by atoms with Gasteiger partial charge in [0, 0.05) is 15.7 Å². The number of halogens is 1. The molecular formula is C14H10BrN3OS. The highest BCUT2D eigenvalue weighted by atomic mass is 79.9. The highest BCUT2D eigenvalue weighted by Crippen LogP contribution is 2.30. The van der Waals surface area contributed by atoms with E-state index in [1.165, 1.54) is 0 Å². The molecule has 100 valence electrons. The van der Waals surface area contributed by atoms with Crippen LogP contribution in [-0.2, 0) is 0 Å². The third kappa shape index (κ3) is 2.66. The highest BCUT2D eigenvalue weighted by Gasteiger charge is 2.05. The number of aromatic nitrogens is 1. The molecule has 1 heterocycles. The molecule has 0 aliphatic rings. The Morgan fingerprint density at radius 2 is 1.95 bits per heavy atom. The quantitative estimate of drug-likeness (QED) is 0.754. The molecule has 0 unspecified atom stereocenters. The van der Waals surface area contributed by atoms with Crippen molar-refractivity contribution in [2.24, 2.45) is 5.73 Å². The third-order valence-electron chi connectivity index (χ3n) is 2.77. The van der Waals surface area contributed by atoms with Crippen LogP contribution in [-0.4, -0.2) is 10.9 Å². The predicted molar refractivity (Wildman–Crippen MR) is 85.6 cm³/mol. The van der Waals surface area contributed by atoms with Gasteiger partial charge in [-0.25, -0.2) is 4.98 Å². The van der Waals surface area contributed by atoms with Crippen LogP contribution in [0.4, 0.5) is 10.8 Å². The lowest BCUT2D eigenvalue weighted by molar-refractivity contribution is 0.100. The van der Waals surface area contributed by atoms with E-state index in [2.05, 4.69) is 26.2 Å². The molecule has 0 saturated heterocycles. The molecule has 20 heavy (non-hydrogen) atoms. The van der Waals surface area contributed by atoms with Gasteiger partial charge in [-0.15, -0.1) is 0 Å². The first-order valence-corrected chi connectivity index (χ1v) is 7.46. The van der Waals surface area contributed by atoms with E-state index in [0.717, 1.165) is 25.5 Å². The van der Waals surface area contributed by atoms with E-state index in [9.17, 15) is 4.79 Å². The summed E-state index contributed by atoms with van der Waals surface area (Å²) in [5, 5.41) is 4.03. The second-order valence-corrected chi connectivity index (χ2v) is 6.14. The van der Waals surface area contributed by atoms with Crippen LogP contribution in [0.3, 0.4) is 0 Å². The smallest absolute Gasteiger partial charge is 0.248 e. The number of carbonyl (C=O) groups is 1. The van der Waals surface area contributed by atoms with Crippen molar-refractivity contribution in [1.82, 2.24) is 4.98 Å². The fraction of sp³-hybridized carbons (Fsp3) is 0. The molecule has 0 atom stereocenters. The van der Waals surface area contributed by atoms with Gasteiger partial charge in [-0.1, -0.05) is 27.3 Å². The Bertz CT molecular complexity index is 783. The largest absolute Gasteiger partial charge is 0.366 e. The first-order valence-electron chi connectivity index (χ1n) is 5.85. The maximum Gasteiger partial charge on any atom is 0.248 e. The number of nitrogens with zero attached hydrogens (tertiary/aromatic N) is 1. The lowest BCUT2D eigenvalue weighted by Gasteiger charge is -2.02. The molecule has 1 amide bonds. The fourth-order valence-corrected chi connectivity index (χ4v) is 3.01. The van der Waals surface area contributed by atoms with E-state index in [4.69, 9.17) is 5.73 Å². The second-order valence-electron chi connectivity index (χ2n) is 4.20. The van der Waals surface area contributed by atoms with Crippen molar-refractivity contribution in [3.63, 3.8) is 0 Å². The Balaban J connectivity index is 1.87. The Labute approximate surface area is 127 Å². The number of hydrogen-bond acceptors (Lipinski definition) is 4. The van der Waals surface area contributed by atoms with Crippen LogP contribution < -0.4 is 11.1 Å². The summed E-state index contributed by atoms with van der Waals surface area (Å²) in [4.78, 5) is 15.5. The number of amides is 1. The van der Waals surface area contributed by atoms with Crippen molar-refractivity contribution in [3.05, 3.63) is 52.5 Å². The average molecular weight is 348 g/mol. The number of nitrogens with two attached hydrogens (primary N) is 1. The van der Waals surface area contributed by atoms with Crippen LogP contribution in [0.5, 0.6) is 0 Å². The Morgan fingerprint density at radius 3 is 2.65 bits per heavy atom. The number of carbonyl (C=O) groups excluding carboxylic acids is 1. The molecule has 4 nitrogen and oxygen atoms in total. The van der Waals surface area contributed by atoms with Crippen molar-refractivity contribution in [1.29, 1.82) is 0 Å². The lowest BCUT2D eigenvalue weighted by Crippen LogP contribution is -2.10. The minimum Gasteiger partial charge on any atom is -0.366 e. The van der Waals surface area contributed by atoms with Crippen LogP contribution in [0.2, 0.25) is 0 Å². The van der Waals surface area contributed by atoms with E-state index >= 15 is 0 Å². The molecule has 0 aliphatic carbocycles. The maximum absolute atomic E-state index is 11.0. The third-order valence-corrected chi connectivity index (χ3v) is 4.22. The maximum atomic E-state index is 11.0. The van der Waals surface area contributed by atoms with Gasteiger partial charge in [-0.2, -0.15) is 0 Å². The monoisotopic (exact) mass is 347 g/mol. The molecule has 3 aromatic rings. The van der Waals surface area contributed by atoms with E-state index < -0.39 is 5.91 Å². The van der Waals surface area contributed by atoms with Crippen LogP contribution in [0.15, 0.2) is 46.9 Å². The lowest BCUT2D eigenvalue weighted by atomic mass is 10.2. The molecular weight excluding hydrogens is 338 g/mol. The number of fused-ring (bicyclic) bond motifs is 1. The molecule has 1 aromatic heterocycles. The number of anilines is 2. The summed E-state index contributed by atoms with van der Waals surface area (Å²) in [6.07, 6.45) is 0. The number of nitrogens with one attached hydrogen (secondary N) is 1. The second kappa shape index (κ2) is 5.22. The van der Waals surface area contributed by atoms with Gasteiger partial charge in [-0.3, -0.25) is 4.79 Å². The number of hydrogen-bond donors (Lipinski definition) is 2. The van der Waals surface area contributed by atoms with Gasteiger partial charge in [0.2, 0.25) is 5.91 Å². The van der Waals surface area contributed by atoms with Crippen LogP contribution in [0.1, 0.15) is 10.4 Å². The summed E-state index contributed by atoms with van der Waals surface area (Å²) >= 11 is 5.01. The first-order chi connectivity index (χ1) is 9.61. The summed E-state index contributed by atoms with van der Waals surface area (Å²) in [5.41, 5.74) is 7.51. The van der Waals surface area contributed by atoms with E-state index in [1.807, 2.05) is 30.3 Å². The Kier molecular flexibility index (Phi) is 3.42. The number of rotatable bonds is 3. The average Bonchev–Trinajstić information content (AvgIpc) is 2.80. The minimum absolute atomic E-state index is 0.429. The molecule has 0 bridgehead atoms. The van der Waals surface area contributed by atoms with Gasteiger partial charge in [0.25, 0.3) is 0 Å². The summed E-state index contributed by atoms with van der Waals surface area (Å²) in [5.74, 6) is -0.429. The molecule has 0 fully saturated rings. The predicted octanol–water partition coefficient (Wildman–Crippen LogP) is 3.90. The van der Waals surface area contributed by atoms with Gasteiger partial charge < -0.3 is 11.1 Å². The van der Waals surface area contributed by atoms with E-state index in [-0.39, 0.29) is 0 Å². The molecule has 6 heteroatoms. The molecule has 0 radical (unpaired) electrons. The number of primary amides is 1. The summed E-state index contributed by atoms with van der Waals surface area (Å²) in [6.45, 7) is 0. The molecule has 0 aliphatic heterocycles. The zero-order chi connectivity index (χ0) is 14.1. The van der Waals surface area contributed by atoms with Crippen molar-refractivity contribution in [2.45, 2.75) is 0 Å². The topological polar surface area (TPSA) is 68.0 Å². The molecule has 2 aromatic carbocycles. The van der Waals surface area contributed by atoms with E-state index in [0.29, 0.717) is 5.56 Å². The van der Waals surface area contributed by atoms with E-state index in [1.54, 1.807) is 23.5 Å². The SMILES string of the molecule is NC(=O)c1ccc(Nc2nc3cc(Br)ccc3s2)cc1. The summed E-state index contributed by atoms with van der Waals surface area (Å²) in [6, 6.07) is 13.0. The summed E-state index contributed by atoms with van der Waals surface area (Å²) < 4.78 is 2.12. The molecule has 3 rings (SSSR count). The molecule has 0 spiro atoms. The van der Waals surface area contributed by atoms with Crippen molar-refractivity contribution >= 4 is 54.2 Å². The number of thiazole rings is 1. The van der Waals surface area contributed by atoms with Crippen LogP contribution in [0.25, 0.3) is 10.2 Å². The van der Waals surface area contributed by atoms with Crippen molar-refractivity contribution < 1.29 is 4.79 Å². The Morgan fingerprint density at radius 1 is 1.20 bits per heavy atom. The van der Waals surface area contributed by atoms with Gasteiger partial charge in [0.05, 0.1) is 10.2 Å². The first kappa shape index (κ1) is 13.1. The minimum atomic E-state index is -0.429. The van der Waals surface area contributed by atoms with Crippen LogP contribution in [0, 0.1) is 0 Å². The van der Waals surface area contributed by atoms with Gasteiger partial charge in [0.1, 0.15) is 0 Å². The van der Waals surface area contributed by atoms with Crippen LogP contribution >= 0.6 is 27.3 Å². The zero-order valence-electron chi connectivity index (χ0n) is 10.3.